The highest BCUT2D eigenvalue weighted by Crippen LogP contribution is 2.20. The van der Waals surface area contributed by atoms with Gasteiger partial charge in [0.2, 0.25) is 5.91 Å². The third-order valence-electron chi connectivity index (χ3n) is 3.52. The Morgan fingerprint density at radius 2 is 1.96 bits per heavy atom. The molecule has 1 heterocycles. The summed E-state index contributed by atoms with van der Waals surface area (Å²) in [5, 5.41) is 12.3. The normalized spacial score (nSPS) is 19.3. The lowest BCUT2D eigenvalue weighted by molar-refractivity contribution is -0.133. The molecule has 1 saturated heterocycles. The molecule has 1 fully saturated rings. The predicted molar refractivity (Wildman–Crippen MR) is 85.8 cm³/mol. The van der Waals surface area contributed by atoms with Crippen LogP contribution in [0.25, 0.3) is 0 Å². The molecule has 2 amide bonds. The molecule has 1 aromatic rings. The standard InChI is InChI=1S/C17H24N2O4/c1-17(2,3)23-16(22)18-14(12-7-5-4-6-8-12)15(21)19-10-9-13(20)11-19/h4-8,13-14,20H,9-11H2,1-3H3,(H,18,22). The Morgan fingerprint density at radius 3 is 2.48 bits per heavy atom. The van der Waals surface area contributed by atoms with Gasteiger partial charge in [0.25, 0.3) is 0 Å². The monoisotopic (exact) mass is 320 g/mol. The maximum absolute atomic E-state index is 12.7. The van der Waals surface area contributed by atoms with E-state index < -0.39 is 23.8 Å². The number of likely N-dealkylation sites (tertiary alicyclic amines) is 1. The van der Waals surface area contributed by atoms with Gasteiger partial charge in [-0.15, -0.1) is 0 Å². The van der Waals surface area contributed by atoms with Crippen molar-refractivity contribution in [2.75, 3.05) is 13.1 Å². The first-order valence-corrected chi connectivity index (χ1v) is 7.77. The summed E-state index contributed by atoms with van der Waals surface area (Å²) in [6, 6.07) is 8.21. The summed E-state index contributed by atoms with van der Waals surface area (Å²) < 4.78 is 5.25. The number of aliphatic hydroxyl groups is 1. The summed E-state index contributed by atoms with van der Waals surface area (Å²) in [6.45, 7) is 6.08. The van der Waals surface area contributed by atoms with Crippen molar-refractivity contribution < 1.29 is 19.4 Å². The van der Waals surface area contributed by atoms with Crippen molar-refractivity contribution in [2.24, 2.45) is 0 Å². The molecule has 23 heavy (non-hydrogen) atoms. The van der Waals surface area contributed by atoms with Crippen LogP contribution in [0.1, 0.15) is 38.8 Å². The van der Waals surface area contributed by atoms with Crippen LogP contribution < -0.4 is 5.32 Å². The van der Waals surface area contributed by atoms with Crippen molar-refractivity contribution in [3.63, 3.8) is 0 Å². The maximum atomic E-state index is 12.7. The number of nitrogens with zero attached hydrogens (tertiary/aromatic N) is 1. The van der Waals surface area contributed by atoms with Crippen molar-refractivity contribution >= 4 is 12.0 Å². The molecule has 0 bridgehead atoms. The molecule has 6 heteroatoms. The fourth-order valence-electron chi connectivity index (χ4n) is 2.48. The second kappa shape index (κ2) is 7.00. The van der Waals surface area contributed by atoms with Crippen LogP contribution in [0.5, 0.6) is 0 Å². The zero-order valence-corrected chi connectivity index (χ0v) is 13.8. The van der Waals surface area contributed by atoms with Crippen LogP contribution in [0.15, 0.2) is 30.3 Å². The molecule has 1 aliphatic rings. The van der Waals surface area contributed by atoms with Gasteiger partial charge in [-0.25, -0.2) is 4.79 Å². The molecule has 0 spiro atoms. The number of rotatable bonds is 3. The molecule has 6 nitrogen and oxygen atoms in total. The second-order valence-electron chi connectivity index (χ2n) is 6.72. The van der Waals surface area contributed by atoms with Crippen molar-refractivity contribution in [2.45, 2.75) is 44.9 Å². The quantitative estimate of drug-likeness (QED) is 0.891. The first kappa shape index (κ1) is 17.3. The zero-order chi connectivity index (χ0) is 17.0. The van der Waals surface area contributed by atoms with Crippen LogP contribution >= 0.6 is 0 Å². The minimum Gasteiger partial charge on any atom is -0.444 e. The van der Waals surface area contributed by atoms with E-state index in [0.29, 0.717) is 18.5 Å². The smallest absolute Gasteiger partial charge is 0.408 e. The molecule has 1 aliphatic heterocycles. The highest BCUT2D eigenvalue weighted by atomic mass is 16.6. The third kappa shape index (κ3) is 4.96. The second-order valence-corrected chi connectivity index (χ2v) is 6.72. The van der Waals surface area contributed by atoms with E-state index in [-0.39, 0.29) is 12.5 Å². The van der Waals surface area contributed by atoms with Crippen LogP contribution in [0.2, 0.25) is 0 Å². The number of nitrogens with one attached hydrogen (secondary N) is 1. The van der Waals surface area contributed by atoms with Crippen LogP contribution in [-0.4, -0.2) is 46.8 Å². The minimum atomic E-state index is -0.823. The Bertz CT molecular complexity index is 553. The number of alkyl carbamates (subject to hydrolysis) is 1. The number of carbonyl (C=O) groups is 2. The SMILES string of the molecule is CC(C)(C)OC(=O)NC(C(=O)N1CCC(O)C1)c1ccccc1. The maximum Gasteiger partial charge on any atom is 0.408 e. The Kier molecular flexibility index (Phi) is 5.26. The molecule has 0 saturated carbocycles. The number of β-amino-alcohol motifs (C(OH)–C–C–N with tert-alkyl or cyclic N) is 1. The van der Waals surface area contributed by atoms with E-state index in [1.165, 1.54) is 0 Å². The number of hydrogen-bond donors (Lipinski definition) is 2. The molecule has 126 valence electrons. The summed E-state index contributed by atoms with van der Waals surface area (Å²) in [4.78, 5) is 26.4. The Balaban J connectivity index is 2.15. The van der Waals surface area contributed by atoms with Gasteiger partial charge in [0.05, 0.1) is 6.10 Å². The summed E-state index contributed by atoms with van der Waals surface area (Å²) in [6.07, 6.45) is -0.587. The molecule has 2 atom stereocenters. The average Bonchev–Trinajstić information content (AvgIpc) is 2.90. The largest absolute Gasteiger partial charge is 0.444 e. The number of amides is 2. The van der Waals surface area contributed by atoms with Crippen LogP contribution in [-0.2, 0) is 9.53 Å². The van der Waals surface area contributed by atoms with Gasteiger partial charge in [0.15, 0.2) is 0 Å². The predicted octanol–water partition coefficient (Wildman–Crippen LogP) is 1.85. The van der Waals surface area contributed by atoms with E-state index in [4.69, 9.17) is 4.74 Å². The van der Waals surface area contributed by atoms with Gasteiger partial charge < -0.3 is 20.1 Å². The first-order valence-electron chi connectivity index (χ1n) is 7.77. The summed E-state index contributed by atoms with van der Waals surface area (Å²) in [7, 11) is 0. The van der Waals surface area contributed by atoms with Crippen LogP contribution in [0.3, 0.4) is 0 Å². The first-order chi connectivity index (χ1) is 10.8. The van der Waals surface area contributed by atoms with E-state index in [1.807, 2.05) is 18.2 Å². The molecule has 2 unspecified atom stereocenters. The number of benzene rings is 1. The van der Waals surface area contributed by atoms with Gasteiger partial charge in [-0.3, -0.25) is 4.79 Å². The lowest BCUT2D eigenvalue weighted by atomic mass is 10.1. The fourth-order valence-corrected chi connectivity index (χ4v) is 2.48. The van der Waals surface area contributed by atoms with Crippen molar-refractivity contribution in [1.82, 2.24) is 10.2 Å². The Morgan fingerprint density at radius 1 is 1.30 bits per heavy atom. The topological polar surface area (TPSA) is 78.9 Å². The number of hydrogen-bond acceptors (Lipinski definition) is 4. The minimum absolute atomic E-state index is 0.237. The van der Waals surface area contributed by atoms with E-state index in [9.17, 15) is 14.7 Å². The van der Waals surface area contributed by atoms with Crippen LogP contribution in [0.4, 0.5) is 4.79 Å². The number of aliphatic hydroxyl groups excluding tert-OH is 1. The lowest BCUT2D eigenvalue weighted by Crippen LogP contribution is -2.44. The van der Waals surface area contributed by atoms with Gasteiger partial charge >= 0.3 is 6.09 Å². The molecule has 0 aromatic heterocycles. The highest BCUT2D eigenvalue weighted by molar-refractivity contribution is 5.87. The molecular weight excluding hydrogens is 296 g/mol. The molecule has 2 N–H and O–H groups in total. The summed E-state index contributed by atoms with van der Waals surface area (Å²) in [5.41, 5.74) is 0.0443. The molecule has 0 aliphatic carbocycles. The van der Waals surface area contributed by atoms with Gasteiger partial charge in [-0.1, -0.05) is 30.3 Å². The number of ether oxygens (including phenoxy) is 1. The third-order valence-corrected chi connectivity index (χ3v) is 3.52. The zero-order valence-electron chi connectivity index (χ0n) is 13.8. The van der Waals surface area contributed by atoms with Gasteiger partial charge in [-0.05, 0) is 32.8 Å². The Hall–Kier alpha value is -2.08. The highest BCUT2D eigenvalue weighted by Gasteiger charge is 2.32. The summed E-state index contributed by atoms with van der Waals surface area (Å²) >= 11 is 0. The van der Waals surface area contributed by atoms with Gasteiger partial charge in [0.1, 0.15) is 11.6 Å². The average molecular weight is 320 g/mol. The van der Waals surface area contributed by atoms with Crippen molar-refractivity contribution in [3.8, 4) is 0 Å². The van der Waals surface area contributed by atoms with E-state index in [0.717, 1.165) is 0 Å². The number of carbonyl (C=O) groups excluding carboxylic acids is 2. The van der Waals surface area contributed by atoms with Crippen LogP contribution in [0, 0.1) is 0 Å². The van der Waals surface area contributed by atoms with E-state index in [2.05, 4.69) is 5.32 Å². The summed E-state index contributed by atoms with van der Waals surface area (Å²) in [5.74, 6) is -0.237. The van der Waals surface area contributed by atoms with E-state index in [1.54, 1.807) is 37.8 Å². The lowest BCUT2D eigenvalue weighted by Gasteiger charge is -2.26. The molecule has 1 aromatic carbocycles. The fraction of sp³-hybridized carbons (Fsp3) is 0.529. The van der Waals surface area contributed by atoms with Crippen molar-refractivity contribution in [3.05, 3.63) is 35.9 Å². The molecule has 2 rings (SSSR count). The van der Waals surface area contributed by atoms with E-state index >= 15 is 0 Å². The van der Waals surface area contributed by atoms with Gasteiger partial charge in [-0.2, -0.15) is 0 Å². The van der Waals surface area contributed by atoms with Crippen molar-refractivity contribution in [1.29, 1.82) is 0 Å². The molecular formula is C17H24N2O4. The van der Waals surface area contributed by atoms with Gasteiger partial charge in [0, 0.05) is 13.1 Å². The Labute approximate surface area is 136 Å². The molecule has 0 radical (unpaired) electrons.